The van der Waals surface area contributed by atoms with E-state index >= 15 is 0 Å². The molecular weight excluding hydrogens is 442 g/mol. The van der Waals surface area contributed by atoms with Crippen LogP contribution in [-0.4, -0.2) is 67.5 Å². The fraction of sp³-hybridized carbons (Fsp3) is 0.208. The number of piperazine rings is 1. The van der Waals surface area contributed by atoms with Crippen molar-refractivity contribution in [1.82, 2.24) is 24.8 Å². The van der Waals surface area contributed by atoms with Crippen molar-refractivity contribution in [2.24, 2.45) is 0 Å². The molecule has 0 bridgehead atoms. The first-order valence-electron chi connectivity index (χ1n) is 10.5. The van der Waals surface area contributed by atoms with Crippen LogP contribution in [0.4, 0.5) is 4.79 Å². The maximum atomic E-state index is 13.1. The van der Waals surface area contributed by atoms with Gasteiger partial charge in [0.25, 0.3) is 5.91 Å². The Kier molecular flexibility index (Phi) is 5.30. The molecule has 1 aliphatic rings. The average molecular weight is 462 g/mol. The Labute approximate surface area is 194 Å². The predicted molar refractivity (Wildman–Crippen MR) is 125 cm³/mol. The van der Waals surface area contributed by atoms with Gasteiger partial charge in [0.1, 0.15) is 0 Å². The number of aromatic nitrogens is 3. The first kappa shape index (κ1) is 21.1. The summed E-state index contributed by atoms with van der Waals surface area (Å²) in [7, 11) is 0. The van der Waals surface area contributed by atoms with Gasteiger partial charge in [-0.25, -0.2) is 9.78 Å². The average Bonchev–Trinajstić information content (AvgIpc) is 2.82. The van der Waals surface area contributed by atoms with Gasteiger partial charge >= 0.3 is 6.09 Å². The summed E-state index contributed by atoms with van der Waals surface area (Å²) in [5.41, 5.74) is 4.05. The number of rotatable bonds is 2. The van der Waals surface area contributed by atoms with E-state index in [-0.39, 0.29) is 18.5 Å². The fourth-order valence-corrected chi connectivity index (χ4v) is 4.43. The third kappa shape index (κ3) is 3.93. The second-order valence-electron chi connectivity index (χ2n) is 8.06. The summed E-state index contributed by atoms with van der Waals surface area (Å²) >= 11 is 6.54. The van der Waals surface area contributed by atoms with Crippen molar-refractivity contribution in [2.45, 2.75) is 13.0 Å². The molecule has 5 rings (SSSR count). The van der Waals surface area contributed by atoms with Crippen molar-refractivity contribution in [3.63, 3.8) is 0 Å². The van der Waals surface area contributed by atoms with Crippen LogP contribution in [0.25, 0.3) is 33.2 Å². The number of carbonyl (C=O) groups is 2. The van der Waals surface area contributed by atoms with Gasteiger partial charge < -0.3 is 14.9 Å². The van der Waals surface area contributed by atoms with Crippen molar-refractivity contribution in [1.29, 1.82) is 0 Å². The quantitative estimate of drug-likeness (QED) is 0.477. The van der Waals surface area contributed by atoms with E-state index < -0.39 is 6.09 Å². The van der Waals surface area contributed by atoms with Crippen LogP contribution in [0.3, 0.4) is 0 Å². The van der Waals surface area contributed by atoms with E-state index in [1.807, 2.05) is 18.2 Å². The lowest BCUT2D eigenvalue weighted by Crippen LogP contribution is -2.55. The zero-order valence-corrected chi connectivity index (χ0v) is 18.5. The van der Waals surface area contributed by atoms with Gasteiger partial charge in [0.2, 0.25) is 0 Å². The molecule has 9 heteroatoms. The molecular formula is C24H20ClN5O3. The summed E-state index contributed by atoms with van der Waals surface area (Å²) in [6.07, 6.45) is 2.47. The molecule has 1 aromatic carbocycles. The van der Waals surface area contributed by atoms with E-state index in [1.165, 1.54) is 4.90 Å². The Morgan fingerprint density at radius 2 is 1.91 bits per heavy atom. The van der Waals surface area contributed by atoms with Crippen molar-refractivity contribution in [3.05, 3.63) is 65.4 Å². The highest BCUT2D eigenvalue weighted by atomic mass is 35.5. The van der Waals surface area contributed by atoms with Gasteiger partial charge in [-0.2, -0.15) is 0 Å². The zero-order chi connectivity index (χ0) is 23.1. The van der Waals surface area contributed by atoms with Gasteiger partial charge in [-0.1, -0.05) is 17.7 Å². The summed E-state index contributed by atoms with van der Waals surface area (Å²) in [6.45, 7) is 2.77. The molecule has 1 aliphatic heterocycles. The Bertz CT molecular complexity index is 1410. The standard InChI is InChI=1S/C24H20ClN5O3/c1-14-13-29(7-8-30(14)24(32)33)23(31)15-4-5-17-18(25)11-20(28-21(17)9-15)16-10-22-19(27-12-16)3-2-6-26-22/h2-6,9-12,14H,7-8,13H2,1H3,(H,32,33)/t14-/m0/s1. The molecule has 0 spiro atoms. The molecule has 0 radical (unpaired) electrons. The minimum atomic E-state index is -0.968. The Balaban J connectivity index is 1.48. The lowest BCUT2D eigenvalue weighted by Gasteiger charge is -2.38. The van der Waals surface area contributed by atoms with Gasteiger partial charge in [0, 0.05) is 54.6 Å². The van der Waals surface area contributed by atoms with Crippen LogP contribution in [0.2, 0.25) is 5.02 Å². The molecule has 3 aromatic heterocycles. The molecule has 0 aliphatic carbocycles. The van der Waals surface area contributed by atoms with Crippen LogP contribution < -0.4 is 0 Å². The number of halogens is 1. The zero-order valence-electron chi connectivity index (χ0n) is 17.8. The first-order chi connectivity index (χ1) is 15.9. The van der Waals surface area contributed by atoms with Crippen LogP contribution in [0.1, 0.15) is 17.3 Å². The minimum Gasteiger partial charge on any atom is -0.465 e. The number of benzene rings is 1. The molecule has 33 heavy (non-hydrogen) atoms. The maximum Gasteiger partial charge on any atom is 0.407 e. The molecule has 0 unspecified atom stereocenters. The molecule has 4 aromatic rings. The number of hydrogen-bond acceptors (Lipinski definition) is 5. The van der Waals surface area contributed by atoms with Crippen molar-refractivity contribution >= 4 is 45.5 Å². The minimum absolute atomic E-state index is 0.159. The topological polar surface area (TPSA) is 99.5 Å². The summed E-state index contributed by atoms with van der Waals surface area (Å²) < 4.78 is 0. The highest BCUT2D eigenvalue weighted by Gasteiger charge is 2.30. The van der Waals surface area contributed by atoms with Crippen LogP contribution in [0.15, 0.2) is 54.9 Å². The van der Waals surface area contributed by atoms with Crippen LogP contribution in [0.5, 0.6) is 0 Å². The number of pyridine rings is 3. The normalized spacial score (nSPS) is 16.4. The van der Waals surface area contributed by atoms with E-state index in [1.54, 1.807) is 48.5 Å². The summed E-state index contributed by atoms with van der Waals surface area (Å²) in [4.78, 5) is 41.0. The van der Waals surface area contributed by atoms with Crippen LogP contribution >= 0.6 is 11.6 Å². The first-order valence-corrected chi connectivity index (χ1v) is 10.9. The lowest BCUT2D eigenvalue weighted by atomic mass is 10.1. The Morgan fingerprint density at radius 1 is 1.06 bits per heavy atom. The number of carbonyl (C=O) groups excluding carboxylic acids is 1. The Morgan fingerprint density at radius 3 is 2.70 bits per heavy atom. The molecule has 166 valence electrons. The van der Waals surface area contributed by atoms with Crippen molar-refractivity contribution < 1.29 is 14.7 Å². The molecule has 1 fully saturated rings. The van der Waals surface area contributed by atoms with Gasteiger partial charge in [-0.15, -0.1) is 0 Å². The number of nitrogens with zero attached hydrogens (tertiary/aromatic N) is 5. The molecule has 1 N–H and O–H groups in total. The van der Waals surface area contributed by atoms with Crippen LogP contribution in [-0.2, 0) is 0 Å². The van der Waals surface area contributed by atoms with Gasteiger partial charge in [0.05, 0.1) is 27.3 Å². The van der Waals surface area contributed by atoms with E-state index in [2.05, 4.69) is 9.97 Å². The van der Waals surface area contributed by atoms with E-state index in [0.717, 1.165) is 22.0 Å². The third-order valence-corrected chi connectivity index (χ3v) is 6.23. The maximum absolute atomic E-state index is 13.1. The van der Waals surface area contributed by atoms with Crippen LogP contribution in [0, 0.1) is 0 Å². The van der Waals surface area contributed by atoms with Crippen molar-refractivity contribution in [2.75, 3.05) is 19.6 Å². The predicted octanol–water partition coefficient (Wildman–Crippen LogP) is 4.32. The number of amides is 2. The van der Waals surface area contributed by atoms with Gasteiger partial charge in [-0.05, 0) is 43.3 Å². The molecule has 1 atom stereocenters. The largest absolute Gasteiger partial charge is 0.465 e. The van der Waals surface area contributed by atoms with Gasteiger partial charge in [-0.3, -0.25) is 14.8 Å². The van der Waals surface area contributed by atoms with Gasteiger partial charge in [0.15, 0.2) is 0 Å². The van der Waals surface area contributed by atoms with E-state index in [9.17, 15) is 14.7 Å². The number of hydrogen-bond donors (Lipinski definition) is 1. The molecule has 0 saturated carbocycles. The van der Waals surface area contributed by atoms with E-state index in [4.69, 9.17) is 16.6 Å². The highest BCUT2D eigenvalue weighted by molar-refractivity contribution is 6.35. The molecule has 8 nitrogen and oxygen atoms in total. The lowest BCUT2D eigenvalue weighted by molar-refractivity contribution is 0.0507. The number of fused-ring (bicyclic) bond motifs is 2. The molecule has 4 heterocycles. The van der Waals surface area contributed by atoms with Crippen molar-refractivity contribution in [3.8, 4) is 11.3 Å². The third-order valence-electron chi connectivity index (χ3n) is 5.91. The summed E-state index contributed by atoms with van der Waals surface area (Å²) in [6, 6.07) is 12.4. The second-order valence-corrected chi connectivity index (χ2v) is 8.47. The molecule has 2 amide bonds. The van der Waals surface area contributed by atoms with E-state index in [0.29, 0.717) is 34.9 Å². The second kappa shape index (κ2) is 8.29. The Hall–Kier alpha value is -3.78. The fourth-order valence-electron chi connectivity index (χ4n) is 4.17. The smallest absolute Gasteiger partial charge is 0.407 e. The summed E-state index contributed by atoms with van der Waals surface area (Å²) in [5, 5.41) is 10.5. The summed E-state index contributed by atoms with van der Waals surface area (Å²) in [5.74, 6) is -0.159. The SMILES string of the molecule is C[C@H]1CN(C(=O)c2ccc3c(Cl)cc(-c4cnc5cccnc5c4)nc3c2)CCN1C(=O)O. The number of carboxylic acid groups (broad SMARTS) is 1. The monoisotopic (exact) mass is 461 g/mol. The molecule has 1 saturated heterocycles. The highest BCUT2D eigenvalue weighted by Crippen LogP contribution is 2.30.